The standard InChI is InChI=1S/C10H17F3N2O/c1-9(14,10(11,12)13)8(16)15-6-2-3-7-4-5-7/h7H,2-6,14H2,1H3,(H,15,16). The van der Waals surface area contributed by atoms with Gasteiger partial charge < -0.3 is 11.1 Å². The number of carbonyl (C=O) groups is 1. The fourth-order valence-electron chi connectivity index (χ4n) is 1.31. The van der Waals surface area contributed by atoms with Gasteiger partial charge >= 0.3 is 6.18 Å². The van der Waals surface area contributed by atoms with Gasteiger partial charge in [0.1, 0.15) is 0 Å². The van der Waals surface area contributed by atoms with E-state index in [0.717, 1.165) is 6.42 Å². The number of hydrogen-bond donors (Lipinski definition) is 2. The Morgan fingerprint density at radius 2 is 2.00 bits per heavy atom. The van der Waals surface area contributed by atoms with Gasteiger partial charge in [-0.15, -0.1) is 0 Å². The molecule has 6 heteroatoms. The summed E-state index contributed by atoms with van der Waals surface area (Å²) in [5, 5.41) is 2.23. The fraction of sp³-hybridized carbons (Fsp3) is 0.900. The molecule has 0 heterocycles. The minimum Gasteiger partial charge on any atom is -0.354 e. The number of nitrogens with one attached hydrogen (secondary N) is 1. The summed E-state index contributed by atoms with van der Waals surface area (Å²) in [5.74, 6) is -0.445. The molecule has 0 aliphatic heterocycles. The molecule has 1 fully saturated rings. The number of amides is 1. The monoisotopic (exact) mass is 238 g/mol. The fourth-order valence-corrected chi connectivity index (χ4v) is 1.31. The minimum atomic E-state index is -4.71. The minimum absolute atomic E-state index is 0.262. The average molecular weight is 238 g/mol. The Hall–Kier alpha value is -0.780. The van der Waals surface area contributed by atoms with Crippen LogP contribution in [0.5, 0.6) is 0 Å². The van der Waals surface area contributed by atoms with Crippen molar-refractivity contribution < 1.29 is 18.0 Å². The zero-order valence-electron chi connectivity index (χ0n) is 9.23. The van der Waals surface area contributed by atoms with Crippen molar-refractivity contribution in [2.24, 2.45) is 11.7 Å². The predicted octanol–water partition coefficient (Wildman–Crippen LogP) is 1.57. The molecule has 0 radical (unpaired) electrons. The first-order valence-electron chi connectivity index (χ1n) is 5.39. The van der Waals surface area contributed by atoms with Crippen molar-refractivity contribution in [3.8, 4) is 0 Å². The third-order valence-electron chi connectivity index (χ3n) is 2.83. The van der Waals surface area contributed by atoms with Gasteiger partial charge in [-0.3, -0.25) is 4.79 Å². The lowest BCUT2D eigenvalue weighted by atomic mass is 10.0. The molecule has 0 saturated heterocycles. The summed E-state index contributed by atoms with van der Waals surface area (Å²) < 4.78 is 37.0. The Morgan fingerprint density at radius 1 is 1.44 bits per heavy atom. The molecule has 94 valence electrons. The zero-order valence-corrected chi connectivity index (χ0v) is 9.23. The topological polar surface area (TPSA) is 55.1 Å². The zero-order chi connectivity index (χ0) is 12.4. The van der Waals surface area contributed by atoms with Gasteiger partial charge in [0, 0.05) is 6.54 Å². The summed E-state index contributed by atoms with van der Waals surface area (Å²) in [6.07, 6.45) is -0.637. The third-order valence-corrected chi connectivity index (χ3v) is 2.83. The second-order valence-corrected chi connectivity index (χ2v) is 4.54. The first-order chi connectivity index (χ1) is 7.25. The molecule has 1 unspecified atom stereocenters. The molecule has 3 N–H and O–H groups in total. The SMILES string of the molecule is CC(N)(C(=O)NCCCC1CC1)C(F)(F)F. The first-order valence-corrected chi connectivity index (χ1v) is 5.39. The van der Waals surface area contributed by atoms with E-state index in [4.69, 9.17) is 5.73 Å². The van der Waals surface area contributed by atoms with E-state index < -0.39 is 17.6 Å². The summed E-state index contributed by atoms with van der Waals surface area (Å²) in [5.41, 5.74) is 2.16. The quantitative estimate of drug-likeness (QED) is 0.714. The molecule has 1 aliphatic rings. The molecule has 1 amide bonds. The number of carbonyl (C=O) groups excluding carboxylic acids is 1. The number of alkyl halides is 3. The second-order valence-electron chi connectivity index (χ2n) is 4.54. The Morgan fingerprint density at radius 3 is 2.44 bits per heavy atom. The summed E-state index contributed by atoms with van der Waals surface area (Å²) in [4.78, 5) is 11.2. The van der Waals surface area contributed by atoms with Crippen LogP contribution in [0.2, 0.25) is 0 Å². The molecule has 0 spiro atoms. The molecule has 0 aromatic carbocycles. The van der Waals surface area contributed by atoms with Gasteiger partial charge in [-0.05, 0) is 25.7 Å². The van der Waals surface area contributed by atoms with Crippen LogP contribution in [0.3, 0.4) is 0 Å². The lowest BCUT2D eigenvalue weighted by Gasteiger charge is -2.26. The van der Waals surface area contributed by atoms with Crippen LogP contribution in [0.1, 0.15) is 32.6 Å². The highest BCUT2D eigenvalue weighted by atomic mass is 19.4. The normalized spacial score (nSPS) is 20.3. The van der Waals surface area contributed by atoms with Crippen molar-refractivity contribution in [2.45, 2.75) is 44.3 Å². The summed E-state index contributed by atoms with van der Waals surface area (Å²) in [7, 11) is 0. The van der Waals surface area contributed by atoms with Crippen LogP contribution < -0.4 is 11.1 Å². The molecule has 1 saturated carbocycles. The highest BCUT2D eigenvalue weighted by Crippen LogP contribution is 2.33. The van der Waals surface area contributed by atoms with Crippen molar-refractivity contribution in [2.75, 3.05) is 6.54 Å². The lowest BCUT2D eigenvalue weighted by molar-refractivity contribution is -0.187. The van der Waals surface area contributed by atoms with E-state index in [0.29, 0.717) is 19.3 Å². The lowest BCUT2D eigenvalue weighted by Crippen LogP contribution is -2.61. The third kappa shape index (κ3) is 3.37. The molecule has 3 nitrogen and oxygen atoms in total. The second kappa shape index (κ2) is 4.61. The van der Waals surface area contributed by atoms with Crippen LogP contribution in [0, 0.1) is 5.92 Å². The first kappa shape index (κ1) is 13.3. The van der Waals surface area contributed by atoms with E-state index >= 15 is 0 Å². The highest BCUT2D eigenvalue weighted by Gasteiger charge is 2.53. The summed E-state index contributed by atoms with van der Waals surface area (Å²) in [6, 6.07) is 0. The largest absolute Gasteiger partial charge is 0.415 e. The van der Waals surface area contributed by atoms with Gasteiger partial charge in [-0.2, -0.15) is 13.2 Å². The Kier molecular flexibility index (Phi) is 3.83. The molecule has 0 aromatic rings. The van der Waals surface area contributed by atoms with E-state index in [1.54, 1.807) is 0 Å². The summed E-state index contributed by atoms with van der Waals surface area (Å²) >= 11 is 0. The number of rotatable bonds is 5. The van der Waals surface area contributed by atoms with Crippen LogP contribution in [0.25, 0.3) is 0 Å². The maximum atomic E-state index is 12.3. The van der Waals surface area contributed by atoms with Crippen molar-refractivity contribution >= 4 is 5.91 Å². The van der Waals surface area contributed by atoms with E-state index in [1.165, 1.54) is 12.8 Å². The summed E-state index contributed by atoms with van der Waals surface area (Å²) in [6.45, 7) is 0.946. The Bertz CT molecular complexity index is 259. The van der Waals surface area contributed by atoms with Crippen LogP contribution >= 0.6 is 0 Å². The van der Waals surface area contributed by atoms with Gasteiger partial charge in [-0.1, -0.05) is 12.8 Å². The average Bonchev–Trinajstić information content (AvgIpc) is 2.93. The number of hydrogen-bond acceptors (Lipinski definition) is 2. The number of halogens is 3. The van der Waals surface area contributed by atoms with Gasteiger partial charge in [0.2, 0.25) is 5.91 Å². The van der Waals surface area contributed by atoms with Gasteiger partial charge in [0.25, 0.3) is 0 Å². The highest BCUT2D eigenvalue weighted by molar-refractivity contribution is 5.86. The smallest absolute Gasteiger partial charge is 0.354 e. The van der Waals surface area contributed by atoms with Crippen LogP contribution in [-0.2, 0) is 4.79 Å². The Labute approximate surface area is 92.6 Å². The molecule has 1 atom stereocenters. The molecular formula is C10H17F3N2O. The van der Waals surface area contributed by atoms with E-state index in [-0.39, 0.29) is 6.54 Å². The van der Waals surface area contributed by atoms with Crippen LogP contribution in [0.15, 0.2) is 0 Å². The van der Waals surface area contributed by atoms with E-state index in [1.807, 2.05) is 0 Å². The van der Waals surface area contributed by atoms with E-state index in [9.17, 15) is 18.0 Å². The molecule has 1 aliphatic carbocycles. The number of nitrogens with two attached hydrogens (primary N) is 1. The van der Waals surface area contributed by atoms with Crippen molar-refractivity contribution in [1.29, 1.82) is 0 Å². The van der Waals surface area contributed by atoms with Crippen molar-refractivity contribution in [3.63, 3.8) is 0 Å². The van der Waals surface area contributed by atoms with Crippen LogP contribution in [-0.4, -0.2) is 24.2 Å². The molecule has 0 aromatic heterocycles. The molecule has 1 rings (SSSR count). The van der Waals surface area contributed by atoms with Crippen molar-refractivity contribution in [1.82, 2.24) is 5.32 Å². The molecular weight excluding hydrogens is 221 g/mol. The molecule has 0 bridgehead atoms. The van der Waals surface area contributed by atoms with Crippen molar-refractivity contribution in [3.05, 3.63) is 0 Å². The molecule has 16 heavy (non-hydrogen) atoms. The predicted molar refractivity (Wildman–Crippen MR) is 53.6 cm³/mol. The van der Waals surface area contributed by atoms with Gasteiger partial charge in [-0.25, -0.2) is 0 Å². The van der Waals surface area contributed by atoms with Gasteiger partial charge in [0.15, 0.2) is 5.54 Å². The van der Waals surface area contributed by atoms with E-state index in [2.05, 4.69) is 5.32 Å². The Balaban J connectivity index is 2.27. The van der Waals surface area contributed by atoms with Crippen LogP contribution in [0.4, 0.5) is 13.2 Å². The van der Waals surface area contributed by atoms with Gasteiger partial charge in [0.05, 0.1) is 0 Å². The maximum absolute atomic E-state index is 12.3. The maximum Gasteiger partial charge on any atom is 0.415 e.